The Morgan fingerprint density at radius 3 is 3.05 bits per heavy atom. The van der Waals surface area contributed by atoms with E-state index in [1.54, 1.807) is 6.07 Å². The van der Waals surface area contributed by atoms with Crippen LogP contribution in [0.1, 0.15) is 5.69 Å². The molecule has 2 aromatic rings. The van der Waals surface area contributed by atoms with Crippen molar-refractivity contribution in [3.63, 3.8) is 0 Å². The van der Waals surface area contributed by atoms with Gasteiger partial charge in [0.25, 0.3) is 0 Å². The minimum atomic E-state index is -0.691. The summed E-state index contributed by atoms with van der Waals surface area (Å²) in [6.07, 6.45) is -0.691. The van der Waals surface area contributed by atoms with Crippen LogP contribution in [0.2, 0.25) is 0 Å². The maximum absolute atomic E-state index is 11.3. The topological polar surface area (TPSA) is 90.7 Å². The smallest absolute Gasteiger partial charge is 0.407 e. The first kappa shape index (κ1) is 14.1. The van der Waals surface area contributed by atoms with Gasteiger partial charge >= 0.3 is 12.1 Å². The number of aromatic nitrogens is 1. The van der Waals surface area contributed by atoms with E-state index >= 15 is 0 Å². The fourth-order valence-corrected chi connectivity index (χ4v) is 2.01. The monoisotopic (exact) mass is 296 g/mol. The van der Waals surface area contributed by atoms with E-state index in [0.29, 0.717) is 11.5 Å². The van der Waals surface area contributed by atoms with Crippen LogP contribution in [0.4, 0.5) is 4.79 Å². The van der Waals surface area contributed by atoms with Gasteiger partial charge in [0.2, 0.25) is 0 Å². The molecule has 2 aromatic heterocycles. The van der Waals surface area contributed by atoms with Crippen molar-refractivity contribution in [2.75, 3.05) is 13.7 Å². The van der Waals surface area contributed by atoms with E-state index in [9.17, 15) is 9.59 Å². The van der Waals surface area contributed by atoms with Crippen molar-refractivity contribution in [1.29, 1.82) is 0 Å². The zero-order valence-electron chi connectivity index (χ0n) is 10.6. The molecule has 2 heterocycles. The Labute approximate surface area is 118 Å². The highest BCUT2D eigenvalue weighted by Gasteiger charge is 2.10. The van der Waals surface area contributed by atoms with Crippen LogP contribution in [0.25, 0.3) is 10.6 Å². The van der Waals surface area contributed by atoms with Crippen molar-refractivity contribution in [2.24, 2.45) is 0 Å². The lowest BCUT2D eigenvalue weighted by Gasteiger charge is -2.03. The molecule has 7 nitrogen and oxygen atoms in total. The van der Waals surface area contributed by atoms with Crippen molar-refractivity contribution in [1.82, 2.24) is 10.5 Å². The summed E-state index contributed by atoms with van der Waals surface area (Å²) in [6, 6.07) is 5.51. The number of methoxy groups -OCH3 is 1. The number of hydrogen-bond donors (Lipinski definition) is 1. The molecular formula is C12H12N2O5S. The van der Waals surface area contributed by atoms with Crippen LogP contribution in [0.5, 0.6) is 0 Å². The van der Waals surface area contributed by atoms with Gasteiger partial charge in [0, 0.05) is 6.07 Å². The van der Waals surface area contributed by atoms with Crippen LogP contribution in [0.3, 0.4) is 0 Å². The van der Waals surface area contributed by atoms with Crippen LogP contribution in [0, 0.1) is 0 Å². The number of alkyl carbamates (subject to hydrolysis) is 1. The third kappa shape index (κ3) is 3.82. The number of hydrogen-bond acceptors (Lipinski definition) is 7. The lowest BCUT2D eigenvalue weighted by atomic mass is 10.3. The average molecular weight is 296 g/mol. The SMILES string of the molecule is COC(=O)NCC(=O)OCc1cc(-c2cccs2)on1. The molecule has 8 heteroatoms. The molecule has 0 saturated carbocycles. The second kappa shape index (κ2) is 6.71. The van der Waals surface area contributed by atoms with Gasteiger partial charge < -0.3 is 19.3 Å². The highest BCUT2D eigenvalue weighted by molar-refractivity contribution is 7.13. The molecule has 1 N–H and O–H groups in total. The third-order valence-electron chi connectivity index (χ3n) is 2.27. The molecule has 0 aliphatic heterocycles. The summed E-state index contributed by atoms with van der Waals surface area (Å²) in [6.45, 7) is -0.279. The molecule has 0 aliphatic carbocycles. The predicted octanol–water partition coefficient (Wildman–Crippen LogP) is 1.80. The molecule has 0 saturated heterocycles. The van der Waals surface area contributed by atoms with Crippen LogP contribution in [0.15, 0.2) is 28.1 Å². The summed E-state index contributed by atoms with van der Waals surface area (Å²) in [7, 11) is 1.21. The molecule has 0 bridgehead atoms. The molecule has 0 atom stereocenters. The molecule has 0 radical (unpaired) electrons. The minimum Gasteiger partial charge on any atom is -0.458 e. The first-order valence-electron chi connectivity index (χ1n) is 5.66. The summed E-state index contributed by atoms with van der Waals surface area (Å²) in [5.74, 6) is 0.0369. The highest BCUT2D eigenvalue weighted by Crippen LogP contribution is 2.25. The highest BCUT2D eigenvalue weighted by atomic mass is 32.1. The molecule has 2 rings (SSSR count). The Kier molecular flexibility index (Phi) is 4.72. The predicted molar refractivity (Wildman–Crippen MR) is 70.0 cm³/mol. The number of nitrogens with one attached hydrogen (secondary N) is 1. The Hall–Kier alpha value is -2.35. The molecule has 20 heavy (non-hydrogen) atoms. The molecule has 1 amide bonds. The quantitative estimate of drug-likeness (QED) is 0.846. The molecule has 106 valence electrons. The van der Waals surface area contributed by atoms with Gasteiger partial charge in [-0.25, -0.2) is 4.79 Å². The lowest BCUT2D eigenvalue weighted by molar-refractivity contribution is -0.143. The molecule has 0 aliphatic rings. The first-order valence-corrected chi connectivity index (χ1v) is 6.54. The number of esters is 1. The van der Waals surface area contributed by atoms with Crippen molar-refractivity contribution in [2.45, 2.75) is 6.61 Å². The van der Waals surface area contributed by atoms with E-state index in [1.165, 1.54) is 18.4 Å². The summed E-state index contributed by atoms with van der Waals surface area (Å²) < 4.78 is 14.4. The van der Waals surface area contributed by atoms with Gasteiger partial charge in [-0.3, -0.25) is 4.79 Å². The summed E-state index contributed by atoms with van der Waals surface area (Å²) in [5, 5.41) is 7.94. The maximum atomic E-state index is 11.3. The van der Waals surface area contributed by atoms with Crippen LogP contribution < -0.4 is 5.32 Å². The minimum absolute atomic E-state index is 0.0173. The lowest BCUT2D eigenvalue weighted by Crippen LogP contribution is -2.30. The van der Waals surface area contributed by atoms with Crippen LogP contribution >= 0.6 is 11.3 Å². The van der Waals surface area contributed by atoms with Crippen molar-refractivity contribution in [3.8, 4) is 10.6 Å². The van der Waals surface area contributed by atoms with Crippen molar-refractivity contribution in [3.05, 3.63) is 29.3 Å². The zero-order chi connectivity index (χ0) is 14.4. The number of thiophene rings is 1. The second-order valence-electron chi connectivity index (χ2n) is 3.67. The number of amides is 1. The van der Waals surface area contributed by atoms with E-state index in [4.69, 9.17) is 9.26 Å². The van der Waals surface area contributed by atoms with E-state index in [1.807, 2.05) is 17.5 Å². The second-order valence-corrected chi connectivity index (χ2v) is 4.61. The van der Waals surface area contributed by atoms with E-state index in [0.717, 1.165) is 4.88 Å². The van der Waals surface area contributed by atoms with Gasteiger partial charge in [0.05, 0.1) is 12.0 Å². The molecule has 0 fully saturated rings. The molecule has 0 spiro atoms. The normalized spacial score (nSPS) is 10.1. The molecule has 0 aromatic carbocycles. The van der Waals surface area contributed by atoms with Crippen molar-refractivity contribution < 1.29 is 23.6 Å². The number of ether oxygens (including phenoxy) is 2. The number of nitrogens with zero attached hydrogens (tertiary/aromatic N) is 1. The fourth-order valence-electron chi connectivity index (χ4n) is 1.34. The first-order chi connectivity index (χ1) is 9.69. The Morgan fingerprint density at radius 1 is 1.50 bits per heavy atom. The zero-order valence-corrected chi connectivity index (χ0v) is 11.4. The number of carbonyl (C=O) groups excluding carboxylic acids is 2. The Balaban J connectivity index is 1.80. The van der Waals surface area contributed by atoms with Crippen molar-refractivity contribution >= 4 is 23.4 Å². The van der Waals surface area contributed by atoms with E-state index in [-0.39, 0.29) is 13.2 Å². The summed E-state index contributed by atoms with van der Waals surface area (Å²) in [5.41, 5.74) is 0.500. The maximum Gasteiger partial charge on any atom is 0.407 e. The van der Waals surface area contributed by atoms with Gasteiger partial charge in [-0.15, -0.1) is 11.3 Å². The standard InChI is InChI=1S/C12H12N2O5S/c1-17-12(16)13-6-11(15)18-7-8-5-9(19-14-8)10-3-2-4-20-10/h2-5H,6-7H2,1H3,(H,13,16). The third-order valence-corrected chi connectivity index (χ3v) is 3.15. The van der Waals surface area contributed by atoms with E-state index in [2.05, 4.69) is 15.2 Å². The summed E-state index contributed by atoms with van der Waals surface area (Å²) >= 11 is 1.52. The number of carbonyl (C=O) groups is 2. The largest absolute Gasteiger partial charge is 0.458 e. The van der Waals surface area contributed by atoms with Gasteiger partial charge in [-0.05, 0) is 11.4 Å². The van der Waals surface area contributed by atoms with Gasteiger partial charge in [0.1, 0.15) is 18.8 Å². The van der Waals surface area contributed by atoms with Crippen LogP contribution in [-0.2, 0) is 20.9 Å². The van der Waals surface area contributed by atoms with Gasteiger partial charge in [-0.2, -0.15) is 0 Å². The molecule has 0 unspecified atom stereocenters. The van der Waals surface area contributed by atoms with Crippen LogP contribution in [-0.4, -0.2) is 30.9 Å². The fraction of sp³-hybridized carbons (Fsp3) is 0.250. The number of rotatable bonds is 5. The summed E-state index contributed by atoms with van der Waals surface area (Å²) in [4.78, 5) is 23.0. The van der Waals surface area contributed by atoms with Gasteiger partial charge in [-0.1, -0.05) is 11.2 Å². The van der Waals surface area contributed by atoms with Gasteiger partial charge in [0.15, 0.2) is 5.76 Å². The average Bonchev–Trinajstić information content (AvgIpc) is 3.12. The molecular weight excluding hydrogens is 284 g/mol. The van der Waals surface area contributed by atoms with E-state index < -0.39 is 12.1 Å². The Bertz CT molecular complexity index is 578. The Morgan fingerprint density at radius 2 is 2.35 bits per heavy atom.